The number of aliphatic hydroxyl groups is 1. The first-order valence-corrected chi connectivity index (χ1v) is 5.04. The monoisotopic (exact) mass is 201 g/mol. The van der Waals surface area contributed by atoms with E-state index in [1.807, 2.05) is 0 Å². The largest absolute Gasteiger partial charge is 0.384 e. The average Bonchev–Trinajstić information content (AvgIpc) is 1.97. The van der Waals surface area contributed by atoms with Crippen LogP contribution in [0.15, 0.2) is 0 Å². The standard InChI is InChI=1S/C11H23NO2/c1-8(13)9(14)12-7-11(5,6)10(2,3)4/h8,13H,7H2,1-6H3,(H,12,14). The third kappa shape index (κ3) is 3.66. The molecule has 0 aliphatic heterocycles. The Labute approximate surface area is 86.9 Å². The number of aliphatic hydroxyl groups excluding tert-OH is 1. The molecule has 0 heterocycles. The number of carbonyl (C=O) groups excluding carboxylic acids is 1. The Bertz CT molecular complexity index is 202. The van der Waals surface area contributed by atoms with Gasteiger partial charge in [0.05, 0.1) is 0 Å². The predicted octanol–water partition coefficient (Wildman–Crippen LogP) is 1.56. The van der Waals surface area contributed by atoms with Gasteiger partial charge in [-0.15, -0.1) is 0 Å². The molecule has 0 radical (unpaired) electrons. The second-order valence-corrected chi connectivity index (χ2v) is 5.53. The molecular weight excluding hydrogens is 178 g/mol. The van der Waals surface area contributed by atoms with Gasteiger partial charge in [0.25, 0.3) is 0 Å². The Balaban J connectivity index is 4.20. The number of hydrogen-bond acceptors (Lipinski definition) is 2. The number of hydrogen-bond donors (Lipinski definition) is 2. The Morgan fingerprint density at radius 3 is 2.00 bits per heavy atom. The fourth-order valence-electron chi connectivity index (χ4n) is 0.721. The molecule has 0 saturated heterocycles. The highest BCUT2D eigenvalue weighted by Crippen LogP contribution is 2.36. The molecule has 3 heteroatoms. The molecule has 2 N–H and O–H groups in total. The predicted molar refractivity (Wildman–Crippen MR) is 57.9 cm³/mol. The van der Waals surface area contributed by atoms with E-state index in [-0.39, 0.29) is 16.7 Å². The van der Waals surface area contributed by atoms with E-state index < -0.39 is 6.10 Å². The molecular formula is C11H23NO2. The molecule has 0 aliphatic carbocycles. The Morgan fingerprint density at radius 2 is 1.71 bits per heavy atom. The molecule has 3 nitrogen and oxygen atoms in total. The summed E-state index contributed by atoms with van der Waals surface area (Å²) in [5.74, 6) is -0.303. The molecule has 0 bridgehead atoms. The van der Waals surface area contributed by atoms with E-state index in [2.05, 4.69) is 39.9 Å². The first kappa shape index (κ1) is 13.4. The van der Waals surface area contributed by atoms with Crippen molar-refractivity contribution >= 4 is 5.91 Å². The van der Waals surface area contributed by atoms with Crippen LogP contribution < -0.4 is 5.32 Å². The zero-order chi connectivity index (χ0) is 11.6. The van der Waals surface area contributed by atoms with Crippen LogP contribution in [-0.4, -0.2) is 23.7 Å². The minimum absolute atomic E-state index is 0.0115. The number of amides is 1. The first-order chi connectivity index (χ1) is 6.08. The quantitative estimate of drug-likeness (QED) is 0.728. The van der Waals surface area contributed by atoms with Crippen molar-refractivity contribution < 1.29 is 9.90 Å². The van der Waals surface area contributed by atoms with Gasteiger partial charge in [-0.25, -0.2) is 0 Å². The molecule has 84 valence electrons. The molecule has 0 fully saturated rings. The van der Waals surface area contributed by atoms with Crippen molar-refractivity contribution in [2.75, 3.05) is 6.54 Å². The van der Waals surface area contributed by atoms with Crippen LogP contribution in [0.5, 0.6) is 0 Å². The van der Waals surface area contributed by atoms with Crippen LogP contribution in [0, 0.1) is 10.8 Å². The highest BCUT2D eigenvalue weighted by atomic mass is 16.3. The molecule has 0 aromatic rings. The molecule has 14 heavy (non-hydrogen) atoms. The third-order valence-electron chi connectivity index (χ3n) is 3.11. The van der Waals surface area contributed by atoms with Gasteiger partial charge in [0.1, 0.15) is 6.10 Å². The summed E-state index contributed by atoms with van der Waals surface area (Å²) < 4.78 is 0. The van der Waals surface area contributed by atoms with E-state index in [4.69, 9.17) is 5.11 Å². The fourth-order valence-corrected chi connectivity index (χ4v) is 0.721. The zero-order valence-corrected chi connectivity index (χ0v) is 10.1. The van der Waals surface area contributed by atoms with E-state index in [1.165, 1.54) is 6.92 Å². The summed E-state index contributed by atoms with van der Waals surface area (Å²) in [4.78, 5) is 11.2. The fraction of sp³-hybridized carbons (Fsp3) is 0.909. The lowest BCUT2D eigenvalue weighted by Gasteiger charge is -2.39. The van der Waals surface area contributed by atoms with Gasteiger partial charge < -0.3 is 10.4 Å². The maximum absolute atomic E-state index is 11.2. The molecule has 1 atom stereocenters. The molecule has 1 amide bonds. The normalized spacial score (nSPS) is 15.1. The lowest BCUT2D eigenvalue weighted by molar-refractivity contribution is -0.129. The first-order valence-electron chi connectivity index (χ1n) is 5.04. The topological polar surface area (TPSA) is 49.3 Å². The van der Waals surface area contributed by atoms with Gasteiger partial charge >= 0.3 is 0 Å². The zero-order valence-electron chi connectivity index (χ0n) is 10.1. The summed E-state index contributed by atoms with van der Waals surface area (Å²) in [5.41, 5.74) is 0.135. The second-order valence-electron chi connectivity index (χ2n) is 5.53. The van der Waals surface area contributed by atoms with E-state index in [0.29, 0.717) is 6.54 Å². The van der Waals surface area contributed by atoms with E-state index in [0.717, 1.165) is 0 Å². The number of carbonyl (C=O) groups is 1. The average molecular weight is 201 g/mol. The summed E-state index contributed by atoms with van der Waals surface area (Å²) in [6, 6.07) is 0. The number of nitrogens with one attached hydrogen (secondary N) is 1. The van der Waals surface area contributed by atoms with E-state index in [9.17, 15) is 4.79 Å². The van der Waals surface area contributed by atoms with Gasteiger partial charge in [-0.2, -0.15) is 0 Å². The van der Waals surface area contributed by atoms with Crippen LogP contribution in [0.2, 0.25) is 0 Å². The van der Waals surface area contributed by atoms with Gasteiger partial charge in [-0.05, 0) is 17.8 Å². The summed E-state index contributed by atoms with van der Waals surface area (Å²) in [6.07, 6.45) is -0.925. The van der Waals surface area contributed by atoms with Gasteiger partial charge in [0.15, 0.2) is 0 Å². The van der Waals surface area contributed by atoms with Crippen LogP contribution in [0.1, 0.15) is 41.5 Å². The maximum Gasteiger partial charge on any atom is 0.248 e. The molecule has 0 aromatic heterocycles. The van der Waals surface area contributed by atoms with Crippen molar-refractivity contribution in [3.05, 3.63) is 0 Å². The highest BCUT2D eigenvalue weighted by Gasteiger charge is 2.33. The van der Waals surface area contributed by atoms with Crippen LogP contribution >= 0.6 is 0 Å². The van der Waals surface area contributed by atoms with Crippen molar-refractivity contribution in [3.63, 3.8) is 0 Å². The van der Waals surface area contributed by atoms with Gasteiger partial charge in [0, 0.05) is 6.54 Å². The van der Waals surface area contributed by atoms with Crippen molar-refractivity contribution in [1.82, 2.24) is 5.32 Å². The van der Waals surface area contributed by atoms with Crippen LogP contribution in [0.25, 0.3) is 0 Å². The second kappa shape index (κ2) is 4.30. The molecule has 1 unspecified atom stereocenters. The van der Waals surface area contributed by atoms with Crippen LogP contribution in [0.4, 0.5) is 0 Å². The molecule has 0 aliphatic rings. The smallest absolute Gasteiger partial charge is 0.248 e. The lowest BCUT2D eigenvalue weighted by Crippen LogP contribution is -2.44. The molecule has 0 spiro atoms. The Kier molecular flexibility index (Phi) is 4.13. The van der Waals surface area contributed by atoms with E-state index in [1.54, 1.807) is 0 Å². The Hall–Kier alpha value is -0.570. The van der Waals surface area contributed by atoms with Crippen molar-refractivity contribution in [2.45, 2.75) is 47.6 Å². The van der Waals surface area contributed by atoms with Crippen LogP contribution in [-0.2, 0) is 4.79 Å². The lowest BCUT2D eigenvalue weighted by atomic mass is 9.69. The molecule has 0 saturated carbocycles. The van der Waals surface area contributed by atoms with Crippen LogP contribution in [0.3, 0.4) is 0 Å². The third-order valence-corrected chi connectivity index (χ3v) is 3.11. The summed E-state index contributed by atoms with van der Waals surface area (Å²) in [5, 5.41) is 11.7. The minimum Gasteiger partial charge on any atom is -0.384 e. The van der Waals surface area contributed by atoms with Gasteiger partial charge in [0.2, 0.25) is 5.91 Å². The van der Waals surface area contributed by atoms with Gasteiger partial charge in [-0.3, -0.25) is 4.79 Å². The van der Waals surface area contributed by atoms with Crippen molar-refractivity contribution in [3.8, 4) is 0 Å². The summed E-state index contributed by atoms with van der Waals surface area (Å²) in [7, 11) is 0. The van der Waals surface area contributed by atoms with Gasteiger partial charge in [-0.1, -0.05) is 34.6 Å². The maximum atomic E-state index is 11.2. The minimum atomic E-state index is -0.925. The summed E-state index contributed by atoms with van der Waals surface area (Å²) in [6.45, 7) is 12.7. The highest BCUT2D eigenvalue weighted by molar-refractivity contribution is 5.79. The molecule has 0 rings (SSSR count). The van der Waals surface area contributed by atoms with Crippen molar-refractivity contribution in [2.24, 2.45) is 10.8 Å². The van der Waals surface area contributed by atoms with Crippen molar-refractivity contribution in [1.29, 1.82) is 0 Å². The SMILES string of the molecule is CC(O)C(=O)NCC(C)(C)C(C)(C)C. The van der Waals surface area contributed by atoms with E-state index >= 15 is 0 Å². The molecule has 0 aromatic carbocycles. The Morgan fingerprint density at radius 1 is 1.29 bits per heavy atom. The number of rotatable bonds is 3. The summed E-state index contributed by atoms with van der Waals surface area (Å²) >= 11 is 0.